The Labute approximate surface area is 126 Å². The standard InChI is InChI=1S/C12H15N3O4S2/c1-8-9(6-13-15(8)2)5-11(12(16)17)14-21(18,19)10-3-4-20-7-10/h3-4,6-7,11,14H,5H2,1-2H3,(H,16,17). The minimum atomic E-state index is -3.83. The maximum absolute atomic E-state index is 12.1. The summed E-state index contributed by atoms with van der Waals surface area (Å²) in [4.78, 5) is 11.4. The zero-order valence-electron chi connectivity index (χ0n) is 11.5. The summed E-state index contributed by atoms with van der Waals surface area (Å²) in [5, 5.41) is 16.3. The van der Waals surface area contributed by atoms with Crippen molar-refractivity contribution in [1.29, 1.82) is 0 Å². The van der Waals surface area contributed by atoms with Crippen LogP contribution >= 0.6 is 11.3 Å². The van der Waals surface area contributed by atoms with Crippen LogP contribution in [0.15, 0.2) is 27.9 Å². The molecule has 114 valence electrons. The third-order valence-electron chi connectivity index (χ3n) is 3.16. The molecule has 2 rings (SSSR count). The van der Waals surface area contributed by atoms with Crippen molar-refractivity contribution in [3.05, 3.63) is 34.3 Å². The molecule has 1 unspecified atom stereocenters. The predicted molar refractivity (Wildman–Crippen MR) is 77.7 cm³/mol. The molecular formula is C12H15N3O4S2. The van der Waals surface area contributed by atoms with Gasteiger partial charge in [0.15, 0.2) is 0 Å². The van der Waals surface area contributed by atoms with E-state index in [-0.39, 0.29) is 11.3 Å². The highest BCUT2D eigenvalue weighted by atomic mass is 32.2. The van der Waals surface area contributed by atoms with Crippen molar-refractivity contribution in [2.75, 3.05) is 0 Å². The van der Waals surface area contributed by atoms with Gasteiger partial charge in [0.1, 0.15) is 6.04 Å². The van der Waals surface area contributed by atoms with Crippen LogP contribution < -0.4 is 4.72 Å². The topological polar surface area (TPSA) is 101 Å². The summed E-state index contributed by atoms with van der Waals surface area (Å²) in [7, 11) is -2.09. The maximum atomic E-state index is 12.1. The number of sulfonamides is 1. The molecule has 0 spiro atoms. The van der Waals surface area contributed by atoms with Crippen molar-refractivity contribution in [2.45, 2.75) is 24.3 Å². The van der Waals surface area contributed by atoms with Gasteiger partial charge in [-0.3, -0.25) is 9.48 Å². The second-order valence-corrected chi connectivity index (χ2v) is 7.05. The molecule has 0 saturated carbocycles. The molecule has 0 bridgehead atoms. The number of hydrogen-bond donors (Lipinski definition) is 2. The molecule has 0 radical (unpaired) electrons. The van der Waals surface area contributed by atoms with E-state index < -0.39 is 22.0 Å². The van der Waals surface area contributed by atoms with E-state index in [2.05, 4.69) is 9.82 Å². The van der Waals surface area contributed by atoms with Crippen molar-refractivity contribution < 1.29 is 18.3 Å². The lowest BCUT2D eigenvalue weighted by atomic mass is 10.1. The number of rotatable bonds is 6. The molecule has 0 aliphatic carbocycles. The first-order valence-corrected chi connectivity index (χ1v) is 8.48. The summed E-state index contributed by atoms with van der Waals surface area (Å²) in [6.07, 6.45) is 1.59. The number of aromatic nitrogens is 2. The largest absolute Gasteiger partial charge is 0.480 e. The lowest BCUT2D eigenvalue weighted by molar-refractivity contribution is -0.138. The molecule has 0 aromatic carbocycles. The van der Waals surface area contributed by atoms with Crippen molar-refractivity contribution in [1.82, 2.24) is 14.5 Å². The minimum absolute atomic E-state index is 0.0401. The maximum Gasteiger partial charge on any atom is 0.322 e. The lowest BCUT2D eigenvalue weighted by Crippen LogP contribution is -2.42. The predicted octanol–water partition coefficient (Wildman–Crippen LogP) is 0.764. The van der Waals surface area contributed by atoms with Gasteiger partial charge in [0, 0.05) is 24.5 Å². The number of carbonyl (C=O) groups is 1. The highest BCUT2D eigenvalue weighted by Crippen LogP contribution is 2.15. The molecule has 7 nitrogen and oxygen atoms in total. The third-order valence-corrected chi connectivity index (χ3v) is 5.46. The van der Waals surface area contributed by atoms with E-state index in [1.54, 1.807) is 30.2 Å². The highest BCUT2D eigenvalue weighted by Gasteiger charge is 2.27. The Balaban J connectivity index is 2.21. The fourth-order valence-corrected chi connectivity index (χ4v) is 4.02. The lowest BCUT2D eigenvalue weighted by Gasteiger charge is -2.14. The van der Waals surface area contributed by atoms with E-state index in [1.165, 1.54) is 22.8 Å². The molecule has 2 aromatic rings. The summed E-state index contributed by atoms with van der Waals surface area (Å²) in [5.74, 6) is -1.22. The number of nitrogens with one attached hydrogen (secondary N) is 1. The van der Waals surface area contributed by atoms with Gasteiger partial charge in [-0.15, -0.1) is 0 Å². The Morgan fingerprint density at radius 3 is 2.76 bits per heavy atom. The van der Waals surface area contributed by atoms with Crippen LogP contribution in [0, 0.1) is 6.92 Å². The summed E-state index contributed by atoms with van der Waals surface area (Å²) >= 11 is 1.23. The smallest absolute Gasteiger partial charge is 0.322 e. The zero-order chi connectivity index (χ0) is 15.6. The molecule has 1 atom stereocenters. The Morgan fingerprint density at radius 2 is 2.29 bits per heavy atom. The fourth-order valence-electron chi connectivity index (χ4n) is 1.80. The first-order valence-electron chi connectivity index (χ1n) is 6.06. The van der Waals surface area contributed by atoms with Crippen LogP contribution in [0.1, 0.15) is 11.3 Å². The second kappa shape index (κ2) is 5.96. The van der Waals surface area contributed by atoms with E-state index in [0.717, 1.165) is 5.69 Å². The van der Waals surface area contributed by atoms with Gasteiger partial charge in [0.05, 0.1) is 11.1 Å². The van der Waals surface area contributed by atoms with E-state index in [4.69, 9.17) is 0 Å². The zero-order valence-corrected chi connectivity index (χ0v) is 13.1. The molecule has 0 amide bonds. The van der Waals surface area contributed by atoms with Crippen molar-refractivity contribution >= 4 is 27.3 Å². The Bertz CT molecular complexity index is 735. The number of hydrogen-bond acceptors (Lipinski definition) is 5. The average molecular weight is 329 g/mol. The van der Waals surface area contributed by atoms with Crippen LogP contribution in [0.2, 0.25) is 0 Å². The normalized spacial score (nSPS) is 13.2. The Hall–Kier alpha value is -1.71. The van der Waals surface area contributed by atoms with Crippen LogP contribution in [0.3, 0.4) is 0 Å². The monoisotopic (exact) mass is 329 g/mol. The first kappa shape index (κ1) is 15.7. The van der Waals surface area contributed by atoms with E-state index in [0.29, 0.717) is 5.56 Å². The SMILES string of the molecule is Cc1c(CC(NS(=O)(=O)c2ccsc2)C(=O)O)cnn1C. The summed E-state index contributed by atoms with van der Waals surface area (Å²) in [6.45, 7) is 1.80. The van der Waals surface area contributed by atoms with Crippen molar-refractivity contribution in [3.8, 4) is 0 Å². The van der Waals surface area contributed by atoms with Gasteiger partial charge < -0.3 is 5.11 Å². The Kier molecular flexibility index (Phi) is 4.45. The average Bonchev–Trinajstić information content (AvgIpc) is 3.03. The van der Waals surface area contributed by atoms with E-state index >= 15 is 0 Å². The summed E-state index contributed by atoms with van der Waals surface area (Å²) < 4.78 is 28.0. The number of aliphatic carboxylic acids is 1. The number of thiophene rings is 1. The van der Waals surface area contributed by atoms with Gasteiger partial charge >= 0.3 is 5.97 Å². The summed E-state index contributed by atoms with van der Waals surface area (Å²) in [6, 6.07) is 0.194. The third kappa shape index (κ3) is 3.49. The molecule has 2 aromatic heterocycles. The van der Waals surface area contributed by atoms with Crippen LogP contribution in [0.5, 0.6) is 0 Å². The quantitative estimate of drug-likeness (QED) is 0.815. The van der Waals surface area contributed by atoms with Gasteiger partial charge in [0.25, 0.3) is 0 Å². The van der Waals surface area contributed by atoms with Gasteiger partial charge in [0.2, 0.25) is 10.0 Å². The highest BCUT2D eigenvalue weighted by molar-refractivity contribution is 7.89. The molecular weight excluding hydrogens is 314 g/mol. The molecule has 0 aliphatic rings. The van der Waals surface area contributed by atoms with Gasteiger partial charge in [-0.05, 0) is 23.9 Å². The Morgan fingerprint density at radius 1 is 1.57 bits per heavy atom. The number of carboxylic acid groups (broad SMARTS) is 1. The van der Waals surface area contributed by atoms with E-state index in [9.17, 15) is 18.3 Å². The van der Waals surface area contributed by atoms with Crippen molar-refractivity contribution in [2.24, 2.45) is 7.05 Å². The van der Waals surface area contributed by atoms with E-state index in [1.807, 2.05) is 0 Å². The number of carboxylic acids is 1. The molecule has 9 heteroatoms. The van der Waals surface area contributed by atoms with Crippen LogP contribution in [0.25, 0.3) is 0 Å². The van der Waals surface area contributed by atoms with Gasteiger partial charge in [-0.2, -0.15) is 21.2 Å². The van der Waals surface area contributed by atoms with Crippen LogP contribution in [0.4, 0.5) is 0 Å². The number of aryl methyl sites for hydroxylation is 1. The first-order chi connectivity index (χ1) is 9.81. The fraction of sp³-hybridized carbons (Fsp3) is 0.333. The van der Waals surface area contributed by atoms with Crippen molar-refractivity contribution in [3.63, 3.8) is 0 Å². The second-order valence-electron chi connectivity index (χ2n) is 4.55. The van der Waals surface area contributed by atoms with Crippen LogP contribution in [-0.4, -0.2) is 35.3 Å². The molecule has 2 heterocycles. The van der Waals surface area contributed by atoms with Gasteiger partial charge in [-0.1, -0.05) is 0 Å². The van der Waals surface area contributed by atoms with Crippen LogP contribution in [-0.2, 0) is 28.3 Å². The molecule has 0 fully saturated rings. The summed E-state index contributed by atoms with van der Waals surface area (Å²) in [5.41, 5.74) is 1.49. The van der Waals surface area contributed by atoms with Gasteiger partial charge in [-0.25, -0.2) is 8.42 Å². The number of nitrogens with zero attached hydrogens (tertiary/aromatic N) is 2. The molecule has 0 saturated heterocycles. The molecule has 2 N–H and O–H groups in total. The minimum Gasteiger partial charge on any atom is -0.480 e. The molecule has 0 aliphatic heterocycles. The molecule has 21 heavy (non-hydrogen) atoms.